The highest BCUT2D eigenvalue weighted by molar-refractivity contribution is 9.10. The number of nitrogens with one attached hydrogen (secondary N) is 1. The molecule has 8 nitrogen and oxygen atoms in total. The van der Waals surface area contributed by atoms with Gasteiger partial charge in [-0.05, 0) is 55.0 Å². The van der Waals surface area contributed by atoms with Gasteiger partial charge in [-0.1, -0.05) is 15.9 Å². The Labute approximate surface area is 181 Å². The molecule has 1 fully saturated rings. The average Bonchev–Trinajstić information content (AvgIpc) is 2.73. The van der Waals surface area contributed by atoms with E-state index in [2.05, 4.69) is 21.2 Å². The number of carbonyl (C=O) groups is 3. The van der Waals surface area contributed by atoms with Crippen LogP contribution in [0.4, 0.5) is 10.5 Å². The number of halogens is 1. The molecule has 1 heterocycles. The number of hydrogen-bond donors (Lipinski definition) is 1. The molecule has 0 aromatic heterocycles. The maximum atomic E-state index is 13.0. The van der Waals surface area contributed by atoms with Crippen LogP contribution in [0.2, 0.25) is 0 Å². The number of imide groups is 2. The van der Waals surface area contributed by atoms with E-state index in [0.717, 1.165) is 4.90 Å². The molecule has 1 aliphatic heterocycles. The first-order valence-corrected chi connectivity index (χ1v) is 9.74. The molecular weight excluding hydrogens is 456 g/mol. The normalized spacial score (nSPS) is 15.3. The van der Waals surface area contributed by atoms with E-state index in [4.69, 9.17) is 14.2 Å². The van der Waals surface area contributed by atoms with Crippen molar-refractivity contribution in [3.8, 4) is 17.2 Å². The van der Waals surface area contributed by atoms with Crippen LogP contribution in [0.15, 0.2) is 46.4 Å². The minimum Gasteiger partial charge on any atom is -0.494 e. The molecule has 0 bridgehead atoms. The molecule has 0 unspecified atom stereocenters. The lowest BCUT2D eigenvalue weighted by atomic mass is 10.1. The Balaban J connectivity index is 2.00. The summed E-state index contributed by atoms with van der Waals surface area (Å²) in [5, 5.41) is 2.20. The third kappa shape index (κ3) is 4.16. The van der Waals surface area contributed by atoms with Crippen molar-refractivity contribution < 1.29 is 28.6 Å². The second-order valence-electron chi connectivity index (χ2n) is 6.11. The summed E-state index contributed by atoms with van der Waals surface area (Å²) in [5.74, 6) is -0.0107. The van der Waals surface area contributed by atoms with Crippen LogP contribution in [-0.4, -0.2) is 38.7 Å². The van der Waals surface area contributed by atoms with Gasteiger partial charge < -0.3 is 14.2 Å². The monoisotopic (exact) mass is 474 g/mol. The number of anilines is 1. The zero-order valence-corrected chi connectivity index (χ0v) is 18.1. The molecule has 0 atom stereocenters. The first kappa shape index (κ1) is 21.4. The minimum absolute atomic E-state index is 0.198. The number of ether oxygens (including phenoxy) is 3. The van der Waals surface area contributed by atoms with Gasteiger partial charge in [-0.3, -0.25) is 14.9 Å². The Bertz CT molecular complexity index is 1030. The van der Waals surface area contributed by atoms with Crippen LogP contribution in [0.25, 0.3) is 6.08 Å². The van der Waals surface area contributed by atoms with Gasteiger partial charge in [-0.15, -0.1) is 0 Å². The molecule has 1 saturated heterocycles. The average molecular weight is 475 g/mol. The largest absolute Gasteiger partial charge is 0.494 e. The molecule has 30 heavy (non-hydrogen) atoms. The van der Waals surface area contributed by atoms with E-state index < -0.39 is 17.8 Å². The van der Waals surface area contributed by atoms with Crippen LogP contribution in [0.1, 0.15) is 12.5 Å². The summed E-state index contributed by atoms with van der Waals surface area (Å²) < 4.78 is 16.5. The fourth-order valence-electron chi connectivity index (χ4n) is 2.89. The van der Waals surface area contributed by atoms with Gasteiger partial charge in [-0.2, -0.15) is 0 Å². The Morgan fingerprint density at radius 3 is 2.27 bits per heavy atom. The summed E-state index contributed by atoms with van der Waals surface area (Å²) in [6.45, 7) is 2.34. The zero-order chi connectivity index (χ0) is 21.8. The van der Waals surface area contributed by atoms with Crippen LogP contribution in [-0.2, 0) is 9.59 Å². The Morgan fingerprint density at radius 2 is 1.67 bits per heavy atom. The fourth-order valence-corrected chi connectivity index (χ4v) is 3.32. The first-order chi connectivity index (χ1) is 14.4. The van der Waals surface area contributed by atoms with Crippen molar-refractivity contribution in [3.05, 3.63) is 52.0 Å². The van der Waals surface area contributed by atoms with Gasteiger partial charge in [0.05, 0.1) is 26.5 Å². The molecule has 2 aromatic carbocycles. The summed E-state index contributed by atoms with van der Waals surface area (Å²) >= 11 is 3.39. The van der Waals surface area contributed by atoms with Gasteiger partial charge in [0.25, 0.3) is 11.8 Å². The van der Waals surface area contributed by atoms with Crippen LogP contribution in [0.3, 0.4) is 0 Å². The fraction of sp³-hybridized carbons (Fsp3) is 0.190. The summed E-state index contributed by atoms with van der Waals surface area (Å²) in [5.41, 5.74) is 0.620. The topological polar surface area (TPSA) is 94.2 Å². The SMILES string of the molecule is CCOc1ccc(N2C(=O)NC(=O)C(=Cc3cc(OC)c(OC)cc3Br)C2=O)cc1. The Morgan fingerprint density at radius 1 is 1.03 bits per heavy atom. The minimum atomic E-state index is -0.822. The maximum Gasteiger partial charge on any atom is 0.335 e. The molecule has 156 valence electrons. The first-order valence-electron chi connectivity index (χ1n) is 8.95. The number of amides is 4. The molecule has 0 spiro atoms. The van der Waals surface area contributed by atoms with E-state index in [1.807, 2.05) is 6.92 Å². The van der Waals surface area contributed by atoms with Crippen molar-refractivity contribution in [2.75, 3.05) is 25.7 Å². The molecule has 2 aromatic rings. The Hall–Kier alpha value is -3.33. The summed E-state index contributed by atoms with van der Waals surface area (Å²) in [7, 11) is 2.98. The van der Waals surface area contributed by atoms with Crippen molar-refractivity contribution in [1.82, 2.24) is 5.32 Å². The maximum absolute atomic E-state index is 13.0. The number of rotatable bonds is 6. The van der Waals surface area contributed by atoms with Gasteiger partial charge in [-0.25, -0.2) is 9.69 Å². The predicted octanol–water partition coefficient (Wildman–Crippen LogP) is 3.53. The van der Waals surface area contributed by atoms with Crippen LogP contribution in [0.5, 0.6) is 17.2 Å². The smallest absolute Gasteiger partial charge is 0.335 e. The molecule has 3 rings (SSSR count). The van der Waals surface area contributed by atoms with E-state index in [1.54, 1.807) is 36.4 Å². The van der Waals surface area contributed by atoms with Crippen molar-refractivity contribution in [2.24, 2.45) is 0 Å². The van der Waals surface area contributed by atoms with Crippen LogP contribution in [0, 0.1) is 0 Å². The molecule has 9 heteroatoms. The Kier molecular flexibility index (Phi) is 6.41. The van der Waals surface area contributed by atoms with Gasteiger partial charge in [0.2, 0.25) is 0 Å². The molecule has 0 saturated carbocycles. The molecule has 0 radical (unpaired) electrons. The van der Waals surface area contributed by atoms with E-state index in [9.17, 15) is 14.4 Å². The lowest BCUT2D eigenvalue weighted by Crippen LogP contribution is -2.54. The van der Waals surface area contributed by atoms with E-state index >= 15 is 0 Å². The van der Waals surface area contributed by atoms with Crippen LogP contribution < -0.4 is 24.4 Å². The summed E-state index contributed by atoms with van der Waals surface area (Å²) in [6, 6.07) is 8.89. The second kappa shape index (κ2) is 9.00. The number of carbonyl (C=O) groups excluding carboxylic acids is 3. The standard InChI is InChI=1S/C21H19BrN2O6/c1-4-30-14-7-5-13(6-8-14)24-20(26)15(19(25)23-21(24)27)9-12-10-17(28-2)18(29-3)11-16(12)22/h5-11H,4H2,1-3H3,(H,23,25,27). The summed E-state index contributed by atoms with van der Waals surface area (Å²) in [6.07, 6.45) is 1.39. The number of methoxy groups -OCH3 is 2. The third-order valence-electron chi connectivity index (χ3n) is 4.31. The molecule has 1 aliphatic rings. The van der Waals surface area contributed by atoms with Gasteiger partial charge >= 0.3 is 6.03 Å². The second-order valence-corrected chi connectivity index (χ2v) is 6.97. The lowest BCUT2D eigenvalue weighted by molar-refractivity contribution is -0.122. The number of hydrogen-bond acceptors (Lipinski definition) is 6. The zero-order valence-electron chi connectivity index (χ0n) is 16.5. The van der Waals surface area contributed by atoms with Crippen molar-refractivity contribution in [2.45, 2.75) is 6.92 Å². The van der Waals surface area contributed by atoms with Gasteiger partial charge in [0.15, 0.2) is 11.5 Å². The van der Waals surface area contributed by atoms with Crippen molar-refractivity contribution >= 4 is 45.5 Å². The number of urea groups is 1. The summed E-state index contributed by atoms with van der Waals surface area (Å²) in [4.78, 5) is 38.7. The number of barbiturate groups is 1. The van der Waals surface area contributed by atoms with E-state index in [1.165, 1.54) is 20.3 Å². The van der Waals surface area contributed by atoms with Crippen molar-refractivity contribution in [1.29, 1.82) is 0 Å². The highest BCUT2D eigenvalue weighted by Crippen LogP contribution is 2.35. The van der Waals surface area contributed by atoms with Crippen molar-refractivity contribution in [3.63, 3.8) is 0 Å². The van der Waals surface area contributed by atoms with Crippen LogP contribution >= 0.6 is 15.9 Å². The predicted molar refractivity (Wildman–Crippen MR) is 114 cm³/mol. The highest BCUT2D eigenvalue weighted by atomic mass is 79.9. The lowest BCUT2D eigenvalue weighted by Gasteiger charge is -2.26. The molecular formula is C21H19BrN2O6. The van der Waals surface area contributed by atoms with E-state index in [-0.39, 0.29) is 5.57 Å². The van der Waals surface area contributed by atoms with Gasteiger partial charge in [0.1, 0.15) is 11.3 Å². The van der Waals surface area contributed by atoms with Gasteiger partial charge in [0, 0.05) is 4.47 Å². The number of nitrogens with zero attached hydrogens (tertiary/aromatic N) is 1. The number of benzene rings is 2. The highest BCUT2D eigenvalue weighted by Gasteiger charge is 2.37. The van der Waals surface area contributed by atoms with E-state index in [0.29, 0.717) is 39.6 Å². The molecule has 1 N–H and O–H groups in total. The molecule has 4 amide bonds. The third-order valence-corrected chi connectivity index (χ3v) is 5.00. The molecule has 0 aliphatic carbocycles. The quantitative estimate of drug-likeness (QED) is 0.508.